The molecule has 0 aliphatic heterocycles. The average molecular weight is 252 g/mol. The van der Waals surface area contributed by atoms with E-state index in [0.717, 1.165) is 0 Å². The number of carboxylic acid groups (broad SMARTS) is 1. The van der Waals surface area contributed by atoms with Gasteiger partial charge in [-0.2, -0.15) is 0 Å². The van der Waals surface area contributed by atoms with Crippen molar-refractivity contribution in [2.75, 3.05) is 0 Å². The predicted octanol–water partition coefficient (Wildman–Crippen LogP) is 1.11. The molecule has 0 aliphatic carbocycles. The SMILES string of the molecule is Cc1cc(C(=O)N[C@H](C)C(=O)O)ccc1[N+](=O)[O-]. The topological polar surface area (TPSA) is 110 Å². The van der Waals surface area contributed by atoms with Crippen LogP contribution >= 0.6 is 0 Å². The number of carboxylic acids is 1. The standard InChI is InChI=1S/C11H12N2O5/c1-6-5-8(3-4-9(6)13(17)18)10(14)12-7(2)11(15)16/h3-5,7H,1-2H3,(H,12,14)(H,15,16)/t7-/m1/s1. The smallest absolute Gasteiger partial charge is 0.325 e. The minimum Gasteiger partial charge on any atom is -0.480 e. The molecule has 7 nitrogen and oxygen atoms in total. The van der Waals surface area contributed by atoms with Crippen LogP contribution in [0, 0.1) is 17.0 Å². The summed E-state index contributed by atoms with van der Waals surface area (Å²) in [6.45, 7) is 2.84. The number of carbonyl (C=O) groups is 2. The minimum absolute atomic E-state index is 0.0853. The van der Waals surface area contributed by atoms with Crippen molar-refractivity contribution in [2.45, 2.75) is 19.9 Å². The summed E-state index contributed by atoms with van der Waals surface area (Å²) in [4.78, 5) is 32.3. The van der Waals surface area contributed by atoms with E-state index in [1.807, 2.05) is 0 Å². The maximum atomic E-state index is 11.6. The van der Waals surface area contributed by atoms with Crippen LogP contribution in [0.15, 0.2) is 18.2 Å². The van der Waals surface area contributed by atoms with E-state index < -0.39 is 22.8 Å². The third kappa shape index (κ3) is 3.03. The van der Waals surface area contributed by atoms with Crippen LogP contribution in [0.5, 0.6) is 0 Å². The van der Waals surface area contributed by atoms with E-state index >= 15 is 0 Å². The summed E-state index contributed by atoms with van der Waals surface area (Å²) in [5, 5.41) is 21.5. The fourth-order valence-electron chi connectivity index (χ4n) is 1.34. The zero-order valence-corrected chi connectivity index (χ0v) is 9.84. The zero-order chi connectivity index (χ0) is 13.9. The van der Waals surface area contributed by atoms with Crippen LogP contribution in [0.3, 0.4) is 0 Å². The molecule has 0 saturated heterocycles. The van der Waals surface area contributed by atoms with E-state index in [2.05, 4.69) is 5.32 Å². The summed E-state index contributed by atoms with van der Waals surface area (Å²) in [5.74, 6) is -1.73. The fraction of sp³-hybridized carbons (Fsp3) is 0.273. The van der Waals surface area contributed by atoms with Crippen LogP contribution < -0.4 is 5.32 Å². The second-order valence-electron chi connectivity index (χ2n) is 3.79. The van der Waals surface area contributed by atoms with Crippen LogP contribution in [-0.4, -0.2) is 27.9 Å². The number of amides is 1. The summed E-state index contributed by atoms with van der Waals surface area (Å²) in [5.41, 5.74) is 0.444. The van der Waals surface area contributed by atoms with Gasteiger partial charge in [0, 0.05) is 17.2 Å². The number of hydrogen-bond donors (Lipinski definition) is 2. The van der Waals surface area contributed by atoms with Crippen LogP contribution in [0.2, 0.25) is 0 Å². The summed E-state index contributed by atoms with van der Waals surface area (Å²) in [6, 6.07) is 2.83. The molecule has 0 aliphatic rings. The third-order valence-corrected chi connectivity index (χ3v) is 2.37. The van der Waals surface area contributed by atoms with Gasteiger partial charge < -0.3 is 10.4 Å². The molecule has 18 heavy (non-hydrogen) atoms. The van der Waals surface area contributed by atoms with Gasteiger partial charge in [-0.3, -0.25) is 19.7 Å². The summed E-state index contributed by atoms with van der Waals surface area (Å²) in [6.07, 6.45) is 0. The van der Waals surface area contributed by atoms with E-state index in [-0.39, 0.29) is 11.3 Å². The maximum absolute atomic E-state index is 11.6. The number of benzene rings is 1. The molecule has 0 saturated carbocycles. The highest BCUT2D eigenvalue weighted by Gasteiger charge is 2.17. The molecule has 0 unspecified atom stereocenters. The molecule has 1 amide bonds. The molecule has 0 aromatic heterocycles. The number of nitro benzene ring substituents is 1. The number of nitro groups is 1. The summed E-state index contributed by atoms with van der Waals surface area (Å²) >= 11 is 0. The van der Waals surface area contributed by atoms with Crippen molar-refractivity contribution >= 4 is 17.6 Å². The Hall–Kier alpha value is -2.44. The Bertz CT molecular complexity index is 512. The highest BCUT2D eigenvalue weighted by atomic mass is 16.6. The first kappa shape index (κ1) is 13.6. The van der Waals surface area contributed by atoms with E-state index in [9.17, 15) is 19.7 Å². The van der Waals surface area contributed by atoms with Gasteiger partial charge in [0.15, 0.2) is 0 Å². The van der Waals surface area contributed by atoms with Crippen molar-refractivity contribution in [2.24, 2.45) is 0 Å². The molecule has 0 radical (unpaired) electrons. The number of nitrogens with one attached hydrogen (secondary N) is 1. The number of aliphatic carboxylic acids is 1. The molecule has 7 heteroatoms. The Morgan fingerprint density at radius 3 is 2.50 bits per heavy atom. The van der Waals surface area contributed by atoms with Gasteiger partial charge in [0.05, 0.1) is 4.92 Å². The van der Waals surface area contributed by atoms with Crippen LogP contribution in [-0.2, 0) is 4.79 Å². The highest BCUT2D eigenvalue weighted by Crippen LogP contribution is 2.18. The van der Waals surface area contributed by atoms with Crippen molar-refractivity contribution in [1.29, 1.82) is 0 Å². The molecule has 1 atom stereocenters. The van der Waals surface area contributed by atoms with Crippen molar-refractivity contribution in [3.63, 3.8) is 0 Å². The Balaban J connectivity index is 2.91. The van der Waals surface area contributed by atoms with Gasteiger partial charge in [-0.1, -0.05) is 0 Å². The van der Waals surface area contributed by atoms with Gasteiger partial charge in [0.2, 0.25) is 0 Å². The Kier molecular flexibility index (Phi) is 3.98. The molecule has 2 N–H and O–H groups in total. The van der Waals surface area contributed by atoms with Crippen molar-refractivity contribution in [3.05, 3.63) is 39.4 Å². The molecule has 1 aromatic carbocycles. The van der Waals surface area contributed by atoms with E-state index in [0.29, 0.717) is 5.56 Å². The molecular formula is C11H12N2O5. The second kappa shape index (κ2) is 5.26. The molecular weight excluding hydrogens is 240 g/mol. The van der Waals surface area contributed by atoms with Gasteiger partial charge >= 0.3 is 5.97 Å². The quantitative estimate of drug-likeness (QED) is 0.616. The number of aryl methyl sites for hydroxylation is 1. The highest BCUT2D eigenvalue weighted by molar-refractivity contribution is 5.96. The predicted molar refractivity (Wildman–Crippen MR) is 62.4 cm³/mol. The maximum Gasteiger partial charge on any atom is 0.325 e. The molecule has 1 aromatic rings. The lowest BCUT2D eigenvalue weighted by Gasteiger charge is -2.09. The monoisotopic (exact) mass is 252 g/mol. The van der Waals surface area contributed by atoms with Crippen LogP contribution in [0.1, 0.15) is 22.8 Å². The number of hydrogen-bond acceptors (Lipinski definition) is 4. The van der Waals surface area contributed by atoms with Gasteiger partial charge in [-0.15, -0.1) is 0 Å². The summed E-state index contributed by atoms with van der Waals surface area (Å²) in [7, 11) is 0. The molecule has 1 rings (SSSR count). The van der Waals surface area contributed by atoms with E-state index in [4.69, 9.17) is 5.11 Å². The van der Waals surface area contributed by atoms with E-state index in [1.165, 1.54) is 32.0 Å². The minimum atomic E-state index is -1.15. The Labute approximate surface area is 103 Å². The lowest BCUT2D eigenvalue weighted by molar-refractivity contribution is -0.385. The van der Waals surface area contributed by atoms with E-state index in [1.54, 1.807) is 0 Å². The lowest BCUT2D eigenvalue weighted by Crippen LogP contribution is -2.38. The number of carbonyl (C=O) groups excluding carboxylic acids is 1. The number of nitrogens with zero attached hydrogens (tertiary/aromatic N) is 1. The molecule has 0 spiro atoms. The first-order chi connectivity index (χ1) is 8.32. The molecule has 0 heterocycles. The second-order valence-corrected chi connectivity index (χ2v) is 3.79. The summed E-state index contributed by atoms with van der Waals surface area (Å²) < 4.78 is 0. The van der Waals surface area contributed by atoms with Crippen LogP contribution in [0.4, 0.5) is 5.69 Å². The normalized spacial score (nSPS) is 11.7. The lowest BCUT2D eigenvalue weighted by atomic mass is 10.1. The first-order valence-corrected chi connectivity index (χ1v) is 5.11. The number of rotatable bonds is 4. The Morgan fingerprint density at radius 1 is 1.44 bits per heavy atom. The van der Waals surface area contributed by atoms with Gasteiger partial charge in [0.1, 0.15) is 6.04 Å². The zero-order valence-electron chi connectivity index (χ0n) is 9.84. The first-order valence-electron chi connectivity index (χ1n) is 5.11. The van der Waals surface area contributed by atoms with Crippen LogP contribution in [0.25, 0.3) is 0 Å². The Morgan fingerprint density at radius 2 is 2.06 bits per heavy atom. The average Bonchev–Trinajstić information content (AvgIpc) is 2.27. The third-order valence-electron chi connectivity index (χ3n) is 2.37. The van der Waals surface area contributed by atoms with Crippen molar-refractivity contribution < 1.29 is 19.6 Å². The van der Waals surface area contributed by atoms with Crippen molar-refractivity contribution in [3.8, 4) is 0 Å². The fourth-order valence-corrected chi connectivity index (χ4v) is 1.34. The molecule has 0 bridgehead atoms. The molecule has 96 valence electrons. The largest absolute Gasteiger partial charge is 0.480 e. The van der Waals surface area contributed by atoms with Gasteiger partial charge in [-0.05, 0) is 26.0 Å². The molecule has 0 fully saturated rings. The van der Waals surface area contributed by atoms with Gasteiger partial charge in [-0.25, -0.2) is 0 Å². The van der Waals surface area contributed by atoms with Crippen molar-refractivity contribution in [1.82, 2.24) is 5.32 Å². The van der Waals surface area contributed by atoms with Gasteiger partial charge in [0.25, 0.3) is 11.6 Å².